The second-order valence-electron chi connectivity index (χ2n) is 5.99. The number of anilines is 1. The van der Waals surface area contributed by atoms with Gasteiger partial charge in [0.2, 0.25) is 0 Å². The predicted octanol–water partition coefficient (Wildman–Crippen LogP) is 3.58. The van der Waals surface area contributed by atoms with Gasteiger partial charge in [-0.25, -0.2) is 0 Å². The van der Waals surface area contributed by atoms with E-state index < -0.39 is 0 Å². The molecule has 1 saturated carbocycles. The zero-order valence-electron chi connectivity index (χ0n) is 12.1. The molecule has 0 amide bonds. The number of hydrogen-bond acceptors (Lipinski definition) is 2. The Bertz CT molecular complexity index is 762. The lowest BCUT2D eigenvalue weighted by Gasteiger charge is -2.09. The molecule has 4 nitrogen and oxygen atoms in total. The van der Waals surface area contributed by atoms with Crippen LogP contribution in [0, 0.1) is 0 Å². The lowest BCUT2D eigenvalue weighted by atomic mass is 10.2. The molecule has 1 fully saturated rings. The number of hydrogen-bond donors (Lipinski definition) is 1. The molecular weight excluding hydrogens is 260 g/mol. The average Bonchev–Trinajstić information content (AvgIpc) is 3.20. The minimum Gasteiger partial charge on any atom is -0.399 e. The molecule has 4 rings (SSSR count). The molecule has 4 heteroatoms. The van der Waals surface area contributed by atoms with Gasteiger partial charge in [0.15, 0.2) is 0 Å². The quantitative estimate of drug-likeness (QED) is 0.745. The van der Waals surface area contributed by atoms with Gasteiger partial charge in [-0.05, 0) is 42.5 Å². The Kier molecular flexibility index (Phi) is 2.95. The maximum Gasteiger partial charge on any atom is 0.0821 e. The molecule has 2 aromatic heterocycles. The highest BCUT2D eigenvalue weighted by molar-refractivity contribution is 5.83. The van der Waals surface area contributed by atoms with Gasteiger partial charge in [-0.15, -0.1) is 0 Å². The molecule has 3 aromatic rings. The van der Waals surface area contributed by atoms with Crippen LogP contribution in [0.4, 0.5) is 5.69 Å². The zero-order chi connectivity index (χ0) is 14.2. The van der Waals surface area contributed by atoms with Crippen LogP contribution in [0.3, 0.4) is 0 Å². The molecular formula is C17H20N4. The Morgan fingerprint density at radius 1 is 1.10 bits per heavy atom. The van der Waals surface area contributed by atoms with Crippen LogP contribution in [0.25, 0.3) is 10.9 Å². The topological polar surface area (TPSA) is 48.8 Å². The van der Waals surface area contributed by atoms with E-state index >= 15 is 0 Å². The first-order valence-electron chi connectivity index (χ1n) is 7.68. The Labute approximate surface area is 124 Å². The van der Waals surface area contributed by atoms with E-state index in [4.69, 9.17) is 10.8 Å². The van der Waals surface area contributed by atoms with Crippen molar-refractivity contribution >= 4 is 16.6 Å². The molecule has 21 heavy (non-hydrogen) atoms. The van der Waals surface area contributed by atoms with Crippen molar-refractivity contribution in [2.75, 3.05) is 5.73 Å². The van der Waals surface area contributed by atoms with Gasteiger partial charge in [0.05, 0.1) is 23.8 Å². The summed E-state index contributed by atoms with van der Waals surface area (Å²) in [5.74, 6) is 0. The minimum atomic E-state index is 0.607. The maximum atomic E-state index is 5.90. The Morgan fingerprint density at radius 3 is 2.81 bits per heavy atom. The molecule has 0 bridgehead atoms. The minimum absolute atomic E-state index is 0.607. The molecule has 0 radical (unpaired) electrons. The zero-order valence-corrected chi connectivity index (χ0v) is 12.1. The van der Waals surface area contributed by atoms with Gasteiger partial charge in [-0.3, -0.25) is 4.68 Å². The second-order valence-corrected chi connectivity index (χ2v) is 5.99. The maximum absolute atomic E-state index is 5.90. The SMILES string of the molecule is Nc1ccc2ccn(Cc3ccn(C4CCCC4)n3)c2c1. The monoisotopic (exact) mass is 280 g/mol. The summed E-state index contributed by atoms with van der Waals surface area (Å²) >= 11 is 0. The smallest absolute Gasteiger partial charge is 0.0821 e. The van der Waals surface area contributed by atoms with Gasteiger partial charge >= 0.3 is 0 Å². The van der Waals surface area contributed by atoms with E-state index in [0.29, 0.717) is 6.04 Å². The predicted molar refractivity (Wildman–Crippen MR) is 85.2 cm³/mol. The summed E-state index contributed by atoms with van der Waals surface area (Å²) in [4.78, 5) is 0. The van der Waals surface area contributed by atoms with Crippen molar-refractivity contribution in [3.05, 3.63) is 48.4 Å². The molecule has 108 valence electrons. The van der Waals surface area contributed by atoms with Crippen LogP contribution < -0.4 is 5.73 Å². The molecule has 1 aliphatic carbocycles. The van der Waals surface area contributed by atoms with Crippen LogP contribution in [0.5, 0.6) is 0 Å². The fourth-order valence-corrected chi connectivity index (χ4v) is 3.35. The summed E-state index contributed by atoms with van der Waals surface area (Å²) in [6.07, 6.45) is 9.45. The van der Waals surface area contributed by atoms with Gasteiger partial charge in [0, 0.05) is 18.1 Å². The van der Waals surface area contributed by atoms with E-state index in [2.05, 4.69) is 39.8 Å². The van der Waals surface area contributed by atoms with Gasteiger partial charge < -0.3 is 10.3 Å². The molecule has 0 spiro atoms. The van der Waals surface area contributed by atoms with E-state index in [0.717, 1.165) is 17.9 Å². The summed E-state index contributed by atoms with van der Waals surface area (Å²) < 4.78 is 4.37. The standard InChI is InChI=1S/C17H20N4/c18-14-6-5-13-7-9-20(17(13)11-14)12-15-8-10-21(19-15)16-3-1-2-4-16/h5-11,16H,1-4,12,18H2. The highest BCUT2D eigenvalue weighted by Gasteiger charge is 2.17. The summed E-state index contributed by atoms with van der Waals surface area (Å²) in [5.41, 5.74) is 8.99. The molecule has 1 aromatic carbocycles. The Hall–Kier alpha value is -2.23. The first kappa shape index (κ1) is 12.5. The highest BCUT2D eigenvalue weighted by atomic mass is 15.3. The number of nitrogens with zero attached hydrogens (tertiary/aromatic N) is 3. The van der Waals surface area contributed by atoms with Crippen molar-refractivity contribution in [1.82, 2.24) is 14.3 Å². The lowest BCUT2D eigenvalue weighted by molar-refractivity contribution is 0.462. The molecule has 2 heterocycles. The first-order chi connectivity index (χ1) is 10.3. The van der Waals surface area contributed by atoms with Crippen LogP contribution >= 0.6 is 0 Å². The van der Waals surface area contributed by atoms with Crippen molar-refractivity contribution in [3.8, 4) is 0 Å². The summed E-state index contributed by atoms with van der Waals surface area (Å²) in [5, 5.41) is 5.98. The van der Waals surface area contributed by atoms with Gasteiger partial charge in [0.25, 0.3) is 0 Å². The number of nitrogen functional groups attached to an aromatic ring is 1. The van der Waals surface area contributed by atoms with Gasteiger partial charge in [0.1, 0.15) is 0 Å². The van der Waals surface area contributed by atoms with Crippen molar-refractivity contribution < 1.29 is 0 Å². The number of rotatable bonds is 3. The first-order valence-corrected chi connectivity index (χ1v) is 7.68. The van der Waals surface area contributed by atoms with Crippen molar-refractivity contribution in [2.24, 2.45) is 0 Å². The average molecular weight is 280 g/mol. The number of fused-ring (bicyclic) bond motifs is 1. The lowest BCUT2D eigenvalue weighted by Crippen LogP contribution is -2.07. The highest BCUT2D eigenvalue weighted by Crippen LogP contribution is 2.29. The van der Waals surface area contributed by atoms with Crippen molar-refractivity contribution in [1.29, 1.82) is 0 Å². The molecule has 1 aliphatic rings. The third-order valence-corrected chi connectivity index (χ3v) is 4.49. The number of nitrogens with two attached hydrogens (primary N) is 1. The molecule has 0 atom stereocenters. The van der Waals surface area contributed by atoms with Gasteiger partial charge in [-0.2, -0.15) is 5.10 Å². The Balaban J connectivity index is 1.61. The third kappa shape index (κ3) is 2.31. The number of benzene rings is 1. The van der Waals surface area contributed by atoms with E-state index in [1.165, 1.54) is 36.6 Å². The van der Waals surface area contributed by atoms with Crippen LogP contribution in [-0.4, -0.2) is 14.3 Å². The van der Waals surface area contributed by atoms with E-state index in [-0.39, 0.29) is 0 Å². The second kappa shape index (κ2) is 4.95. The fourth-order valence-electron chi connectivity index (χ4n) is 3.35. The van der Waals surface area contributed by atoms with E-state index in [1.807, 2.05) is 12.1 Å². The van der Waals surface area contributed by atoms with Crippen molar-refractivity contribution in [3.63, 3.8) is 0 Å². The van der Waals surface area contributed by atoms with E-state index in [9.17, 15) is 0 Å². The van der Waals surface area contributed by atoms with E-state index in [1.54, 1.807) is 0 Å². The largest absolute Gasteiger partial charge is 0.399 e. The summed E-state index contributed by atoms with van der Waals surface area (Å²) in [6.45, 7) is 0.798. The van der Waals surface area contributed by atoms with Gasteiger partial charge in [-0.1, -0.05) is 18.9 Å². The van der Waals surface area contributed by atoms with Crippen LogP contribution in [0.2, 0.25) is 0 Å². The normalized spacial score (nSPS) is 16.0. The number of aromatic nitrogens is 3. The molecule has 0 aliphatic heterocycles. The molecule has 0 unspecified atom stereocenters. The molecule has 2 N–H and O–H groups in total. The summed E-state index contributed by atoms with van der Waals surface area (Å²) in [7, 11) is 0. The summed E-state index contributed by atoms with van der Waals surface area (Å²) in [6, 6.07) is 10.9. The molecule has 0 saturated heterocycles. The van der Waals surface area contributed by atoms with Crippen LogP contribution in [-0.2, 0) is 6.54 Å². The fraction of sp³-hybridized carbons (Fsp3) is 0.353. The third-order valence-electron chi connectivity index (χ3n) is 4.49. The van der Waals surface area contributed by atoms with Crippen LogP contribution in [0.1, 0.15) is 37.4 Å². The van der Waals surface area contributed by atoms with Crippen LogP contribution in [0.15, 0.2) is 42.7 Å². The van der Waals surface area contributed by atoms with Crippen molar-refractivity contribution in [2.45, 2.75) is 38.3 Å². The Morgan fingerprint density at radius 2 is 1.95 bits per heavy atom.